The minimum Gasteiger partial charge on any atom is -0.314 e. The number of likely N-dealkylation sites (N-methyl/N-ethyl adjacent to an activating group) is 1. The van der Waals surface area contributed by atoms with Gasteiger partial charge >= 0.3 is 0 Å². The Bertz CT molecular complexity index is 522. The van der Waals surface area contributed by atoms with Crippen molar-refractivity contribution in [2.24, 2.45) is 5.92 Å². The lowest BCUT2D eigenvalue weighted by atomic mass is 9.94. The summed E-state index contributed by atoms with van der Waals surface area (Å²) < 4.78 is 23.1. The van der Waals surface area contributed by atoms with E-state index in [0.717, 1.165) is 25.8 Å². The fraction of sp³-hybridized carbons (Fsp3) is 0.625. The number of hydrogen-bond donors (Lipinski definition) is 1. The van der Waals surface area contributed by atoms with E-state index in [1.54, 1.807) is 0 Å². The van der Waals surface area contributed by atoms with E-state index in [4.69, 9.17) is 0 Å². The quantitative estimate of drug-likeness (QED) is 0.876. The van der Waals surface area contributed by atoms with E-state index in [1.807, 2.05) is 0 Å². The molecule has 0 bridgehead atoms. The van der Waals surface area contributed by atoms with Gasteiger partial charge in [-0.2, -0.15) is 0 Å². The van der Waals surface area contributed by atoms with Gasteiger partial charge in [0.25, 0.3) is 0 Å². The Balaban J connectivity index is 1.95. The van der Waals surface area contributed by atoms with Crippen molar-refractivity contribution < 1.29 is 8.42 Å². The van der Waals surface area contributed by atoms with E-state index in [9.17, 15) is 8.42 Å². The lowest BCUT2D eigenvalue weighted by Crippen LogP contribution is -2.33. The number of nitrogens with one attached hydrogen (secondary N) is 1. The summed E-state index contributed by atoms with van der Waals surface area (Å²) in [4.78, 5) is 0. The van der Waals surface area contributed by atoms with E-state index in [-0.39, 0.29) is 0 Å². The third-order valence-electron chi connectivity index (χ3n) is 4.04. The Kier molecular flexibility index (Phi) is 5.22. The number of aryl methyl sites for hydroxylation is 1. The first kappa shape index (κ1) is 15.5. The van der Waals surface area contributed by atoms with Gasteiger partial charge in [-0.25, -0.2) is 8.42 Å². The SMILES string of the molecule is CCNC(Cc1ccc(C)cc1)CC1CCS(=O)(=O)C1. The molecule has 0 radical (unpaired) electrons. The first-order valence-electron chi connectivity index (χ1n) is 7.48. The van der Waals surface area contributed by atoms with Crippen molar-refractivity contribution in [1.82, 2.24) is 5.32 Å². The standard InChI is InChI=1S/C16H25NO2S/c1-3-17-16(10-14-6-4-13(2)5-7-14)11-15-8-9-20(18,19)12-15/h4-7,15-17H,3,8-12H2,1-2H3. The molecule has 0 aromatic heterocycles. The second kappa shape index (κ2) is 6.72. The minimum atomic E-state index is -2.76. The second-order valence-electron chi connectivity index (χ2n) is 5.95. The normalized spacial score (nSPS) is 22.8. The van der Waals surface area contributed by atoms with Gasteiger partial charge in [0.2, 0.25) is 0 Å². The first-order valence-corrected chi connectivity index (χ1v) is 9.30. The maximum absolute atomic E-state index is 11.6. The molecule has 1 saturated heterocycles. The summed E-state index contributed by atoms with van der Waals surface area (Å²) in [5, 5.41) is 3.51. The molecule has 0 spiro atoms. The molecular weight excluding hydrogens is 270 g/mol. The number of rotatable bonds is 6. The van der Waals surface area contributed by atoms with E-state index in [0.29, 0.717) is 23.5 Å². The van der Waals surface area contributed by atoms with E-state index >= 15 is 0 Å². The average molecular weight is 295 g/mol. The highest BCUT2D eigenvalue weighted by molar-refractivity contribution is 7.91. The van der Waals surface area contributed by atoms with Gasteiger partial charge in [0, 0.05) is 6.04 Å². The van der Waals surface area contributed by atoms with E-state index < -0.39 is 9.84 Å². The molecule has 3 nitrogen and oxygen atoms in total. The predicted octanol–water partition coefficient (Wildman–Crippen LogP) is 2.34. The number of benzene rings is 1. The van der Waals surface area contributed by atoms with Gasteiger partial charge in [-0.3, -0.25) is 0 Å². The van der Waals surface area contributed by atoms with Gasteiger partial charge in [0.05, 0.1) is 11.5 Å². The molecule has 2 unspecified atom stereocenters. The average Bonchev–Trinajstić information content (AvgIpc) is 2.72. The highest BCUT2D eigenvalue weighted by atomic mass is 32.2. The van der Waals surface area contributed by atoms with Gasteiger partial charge in [-0.15, -0.1) is 0 Å². The molecule has 1 aromatic rings. The van der Waals surface area contributed by atoms with Crippen LogP contribution >= 0.6 is 0 Å². The highest BCUT2D eigenvalue weighted by Crippen LogP contribution is 2.24. The molecule has 1 N–H and O–H groups in total. The molecule has 2 rings (SSSR count). The smallest absolute Gasteiger partial charge is 0.150 e. The molecule has 1 aromatic carbocycles. The zero-order valence-electron chi connectivity index (χ0n) is 12.4. The summed E-state index contributed by atoms with van der Waals surface area (Å²) in [7, 11) is -2.76. The van der Waals surface area contributed by atoms with Crippen molar-refractivity contribution in [1.29, 1.82) is 0 Å². The Morgan fingerprint density at radius 1 is 1.30 bits per heavy atom. The van der Waals surface area contributed by atoms with Crippen molar-refractivity contribution in [3.05, 3.63) is 35.4 Å². The van der Waals surface area contributed by atoms with Gasteiger partial charge in [0.1, 0.15) is 0 Å². The first-order chi connectivity index (χ1) is 9.48. The summed E-state index contributed by atoms with van der Waals surface area (Å²) in [6.07, 6.45) is 2.77. The monoisotopic (exact) mass is 295 g/mol. The summed E-state index contributed by atoms with van der Waals surface area (Å²) in [5.74, 6) is 1.08. The topological polar surface area (TPSA) is 46.2 Å². The Hall–Kier alpha value is -0.870. The predicted molar refractivity (Wildman–Crippen MR) is 83.7 cm³/mol. The summed E-state index contributed by atoms with van der Waals surface area (Å²) in [5.41, 5.74) is 2.60. The van der Waals surface area contributed by atoms with Crippen molar-refractivity contribution >= 4 is 9.84 Å². The van der Waals surface area contributed by atoms with Gasteiger partial charge in [-0.1, -0.05) is 36.8 Å². The van der Waals surface area contributed by atoms with Gasteiger partial charge < -0.3 is 5.32 Å². The van der Waals surface area contributed by atoms with Crippen molar-refractivity contribution in [2.45, 2.75) is 39.2 Å². The van der Waals surface area contributed by atoms with E-state index in [1.165, 1.54) is 11.1 Å². The minimum absolute atomic E-state index is 0.328. The molecule has 2 atom stereocenters. The highest BCUT2D eigenvalue weighted by Gasteiger charge is 2.29. The lowest BCUT2D eigenvalue weighted by Gasteiger charge is -2.21. The third kappa shape index (κ3) is 4.60. The van der Waals surface area contributed by atoms with Crippen LogP contribution < -0.4 is 5.32 Å². The molecule has 1 aliphatic rings. The van der Waals surface area contributed by atoms with Crippen LogP contribution in [-0.2, 0) is 16.3 Å². The van der Waals surface area contributed by atoms with Crippen LogP contribution in [0, 0.1) is 12.8 Å². The van der Waals surface area contributed by atoms with Crippen LogP contribution in [0.3, 0.4) is 0 Å². The lowest BCUT2D eigenvalue weighted by molar-refractivity contribution is 0.409. The maximum Gasteiger partial charge on any atom is 0.150 e. The molecular formula is C16H25NO2S. The van der Waals surface area contributed by atoms with Crippen molar-refractivity contribution in [3.8, 4) is 0 Å². The largest absolute Gasteiger partial charge is 0.314 e. The summed E-state index contributed by atoms with van der Waals surface area (Å²) >= 11 is 0. The van der Waals surface area contributed by atoms with Gasteiger partial charge in [0.15, 0.2) is 9.84 Å². The second-order valence-corrected chi connectivity index (χ2v) is 8.18. The molecule has 1 aliphatic heterocycles. The van der Waals surface area contributed by atoms with Crippen LogP contribution in [0.5, 0.6) is 0 Å². The maximum atomic E-state index is 11.6. The Morgan fingerprint density at radius 3 is 2.55 bits per heavy atom. The Morgan fingerprint density at radius 2 is 2.00 bits per heavy atom. The van der Waals surface area contributed by atoms with Crippen LogP contribution in [-0.4, -0.2) is 32.5 Å². The summed E-state index contributed by atoms with van der Waals surface area (Å²) in [6.45, 7) is 5.12. The van der Waals surface area contributed by atoms with Crippen LogP contribution in [0.15, 0.2) is 24.3 Å². The zero-order valence-corrected chi connectivity index (χ0v) is 13.2. The van der Waals surface area contributed by atoms with Crippen LogP contribution in [0.4, 0.5) is 0 Å². The van der Waals surface area contributed by atoms with Crippen LogP contribution in [0.1, 0.15) is 30.9 Å². The van der Waals surface area contributed by atoms with Crippen LogP contribution in [0.25, 0.3) is 0 Å². The van der Waals surface area contributed by atoms with Crippen LogP contribution in [0.2, 0.25) is 0 Å². The molecule has 1 heterocycles. The third-order valence-corrected chi connectivity index (χ3v) is 5.88. The number of sulfone groups is 1. The molecule has 0 aliphatic carbocycles. The number of hydrogen-bond acceptors (Lipinski definition) is 3. The zero-order chi connectivity index (χ0) is 14.6. The molecule has 0 amide bonds. The molecule has 112 valence electrons. The fourth-order valence-corrected chi connectivity index (χ4v) is 4.88. The van der Waals surface area contributed by atoms with Crippen molar-refractivity contribution in [2.75, 3.05) is 18.1 Å². The fourth-order valence-electron chi connectivity index (χ4n) is 3.00. The van der Waals surface area contributed by atoms with Gasteiger partial charge in [-0.05, 0) is 44.2 Å². The summed E-state index contributed by atoms with van der Waals surface area (Å²) in [6, 6.07) is 8.99. The molecule has 20 heavy (non-hydrogen) atoms. The Labute approximate surface area is 122 Å². The molecule has 4 heteroatoms. The molecule has 0 saturated carbocycles. The molecule has 1 fully saturated rings. The van der Waals surface area contributed by atoms with E-state index in [2.05, 4.69) is 43.4 Å². The van der Waals surface area contributed by atoms with Crippen molar-refractivity contribution in [3.63, 3.8) is 0 Å².